The highest BCUT2D eigenvalue weighted by Crippen LogP contribution is 2.18. The molecule has 0 aliphatic carbocycles. The maximum atomic E-state index is 10.8. The van der Waals surface area contributed by atoms with Crippen LogP contribution in [0.2, 0.25) is 0 Å². The van der Waals surface area contributed by atoms with E-state index >= 15 is 0 Å². The van der Waals surface area contributed by atoms with Gasteiger partial charge in [0.05, 0.1) is 12.7 Å². The van der Waals surface area contributed by atoms with E-state index in [9.17, 15) is 8.42 Å². The second-order valence-corrected chi connectivity index (χ2v) is 4.90. The molecule has 0 radical (unpaired) electrons. The number of rotatable bonds is 3. The third-order valence-electron chi connectivity index (χ3n) is 1.75. The molecule has 1 aliphatic rings. The standard InChI is InChI=1S/C7H15NO3S/c1-7(2,3)8(12(9)10)4-6-5-11-6/h6,12H,4-5H2,1-3H3. The Morgan fingerprint density at radius 2 is 2.00 bits per heavy atom. The Morgan fingerprint density at radius 3 is 2.25 bits per heavy atom. The van der Waals surface area contributed by atoms with Crippen molar-refractivity contribution in [2.24, 2.45) is 0 Å². The molecule has 4 nitrogen and oxygen atoms in total. The van der Waals surface area contributed by atoms with E-state index < -0.39 is 10.9 Å². The first-order valence-corrected chi connectivity index (χ1v) is 5.08. The molecule has 0 aromatic carbocycles. The van der Waals surface area contributed by atoms with Crippen molar-refractivity contribution < 1.29 is 13.2 Å². The van der Waals surface area contributed by atoms with E-state index in [-0.39, 0.29) is 11.6 Å². The van der Waals surface area contributed by atoms with Crippen molar-refractivity contribution in [1.82, 2.24) is 4.31 Å². The lowest BCUT2D eigenvalue weighted by Gasteiger charge is -2.29. The molecule has 0 aromatic rings. The van der Waals surface area contributed by atoms with E-state index in [1.165, 1.54) is 4.31 Å². The fraction of sp³-hybridized carbons (Fsp3) is 1.00. The number of hydrogen-bond donors (Lipinski definition) is 1. The zero-order chi connectivity index (χ0) is 9.35. The van der Waals surface area contributed by atoms with Gasteiger partial charge in [0, 0.05) is 12.1 Å². The second kappa shape index (κ2) is 3.32. The predicted molar refractivity (Wildman–Crippen MR) is 46.5 cm³/mol. The molecular formula is C7H15NO3S. The smallest absolute Gasteiger partial charge is 0.204 e. The molecule has 1 rings (SSSR count). The SMILES string of the molecule is CC(C)(C)N(CC1CO1)[SH](=O)=O. The fourth-order valence-electron chi connectivity index (χ4n) is 0.952. The van der Waals surface area contributed by atoms with Gasteiger partial charge in [-0.3, -0.25) is 0 Å². The molecular weight excluding hydrogens is 178 g/mol. The summed E-state index contributed by atoms with van der Waals surface area (Å²) in [6, 6.07) is 0. The van der Waals surface area contributed by atoms with Crippen LogP contribution in [0.4, 0.5) is 0 Å². The highest BCUT2D eigenvalue weighted by atomic mass is 32.2. The van der Waals surface area contributed by atoms with Crippen molar-refractivity contribution in [1.29, 1.82) is 0 Å². The van der Waals surface area contributed by atoms with E-state index in [2.05, 4.69) is 0 Å². The zero-order valence-electron chi connectivity index (χ0n) is 7.61. The number of hydrogen-bond acceptors (Lipinski definition) is 3. The Labute approximate surface area is 74.6 Å². The van der Waals surface area contributed by atoms with E-state index in [1.54, 1.807) is 0 Å². The van der Waals surface area contributed by atoms with E-state index in [0.717, 1.165) is 0 Å². The average Bonchev–Trinajstić information content (AvgIpc) is 2.61. The molecule has 1 unspecified atom stereocenters. The molecule has 12 heavy (non-hydrogen) atoms. The monoisotopic (exact) mass is 193 g/mol. The van der Waals surface area contributed by atoms with Crippen LogP contribution < -0.4 is 0 Å². The highest BCUT2D eigenvalue weighted by molar-refractivity contribution is 7.69. The van der Waals surface area contributed by atoms with Crippen molar-refractivity contribution in [3.63, 3.8) is 0 Å². The molecule has 0 N–H and O–H groups in total. The minimum atomic E-state index is -2.49. The van der Waals surface area contributed by atoms with Crippen molar-refractivity contribution in [3.8, 4) is 0 Å². The molecule has 0 aromatic heterocycles. The average molecular weight is 193 g/mol. The van der Waals surface area contributed by atoms with Gasteiger partial charge in [-0.1, -0.05) is 0 Å². The van der Waals surface area contributed by atoms with Gasteiger partial charge < -0.3 is 4.74 Å². The molecule has 5 heteroatoms. The molecule has 1 aliphatic heterocycles. The third kappa shape index (κ3) is 2.73. The van der Waals surface area contributed by atoms with Gasteiger partial charge in [0.1, 0.15) is 0 Å². The largest absolute Gasteiger partial charge is 0.372 e. The normalized spacial score (nSPS) is 23.6. The molecule has 1 heterocycles. The van der Waals surface area contributed by atoms with Crippen LogP contribution in [0, 0.1) is 0 Å². The van der Waals surface area contributed by atoms with Crippen LogP contribution in [0.15, 0.2) is 0 Å². The molecule has 1 fully saturated rings. The van der Waals surface area contributed by atoms with Crippen LogP contribution in [0.25, 0.3) is 0 Å². The topological polar surface area (TPSA) is 49.9 Å². The molecule has 72 valence electrons. The molecule has 1 saturated heterocycles. The summed E-state index contributed by atoms with van der Waals surface area (Å²) < 4.78 is 28.1. The van der Waals surface area contributed by atoms with Gasteiger partial charge >= 0.3 is 0 Å². The molecule has 0 bridgehead atoms. The first kappa shape index (κ1) is 9.95. The van der Waals surface area contributed by atoms with Crippen LogP contribution in [-0.4, -0.2) is 37.5 Å². The quantitative estimate of drug-likeness (QED) is 0.507. The summed E-state index contributed by atoms with van der Waals surface area (Å²) in [7, 11) is -2.49. The van der Waals surface area contributed by atoms with Gasteiger partial charge in [-0.15, -0.1) is 0 Å². The maximum Gasteiger partial charge on any atom is 0.204 e. The summed E-state index contributed by atoms with van der Waals surface area (Å²) in [6.07, 6.45) is 0.122. The Kier molecular flexibility index (Phi) is 2.75. The van der Waals surface area contributed by atoms with Gasteiger partial charge in [-0.2, -0.15) is 4.31 Å². The maximum absolute atomic E-state index is 10.8. The van der Waals surface area contributed by atoms with Crippen LogP contribution in [-0.2, 0) is 15.6 Å². The summed E-state index contributed by atoms with van der Waals surface area (Å²) in [4.78, 5) is 0. The fourth-order valence-corrected chi connectivity index (χ4v) is 1.76. The predicted octanol–water partition coefficient (Wildman–Crippen LogP) is 0.0121. The van der Waals surface area contributed by atoms with Crippen LogP contribution in [0.5, 0.6) is 0 Å². The Morgan fingerprint density at radius 1 is 1.50 bits per heavy atom. The Balaban J connectivity index is 2.59. The third-order valence-corrected chi connectivity index (χ3v) is 2.91. The minimum absolute atomic E-state index is 0.122. The molecule has 1 atom stereocenters. The molecule has 0 amide bonds. The lowest BCUT2D eigenvalue weighted by atomic mass is 10.1. The van der Waals surface area contributed by atoms with E-state index in [1.807, 2.05) is 20.8 Å². The summed E-state index contributed by atoms with van der Waals surface area (Å²) >= 11 is 0. The summed E-state index contributed by atoms with van der Waals surface area (Å²) in [6.45, 7) is 6.81. The summed E-state index contributed by atoms with van der Waals surface area (Å²) in [5.74, 6) is 0. The van der Waals surface area contributed by atoms with Crippen LogP contribution in [0.3, 0.4) is 0 Å². The van der Waals surface area contributed by atoms with Gasteiger partial charge in [0.15, 0.2) is 0 Å². The van der Waals surface area contributed by atoms with Gasteiger partial charge in [0.2, 0.25) is 10.9 Å². The zero-order valence-corrected chi connectivity index (χ0v) is 8.51. The Hall–Kier alpha value is -0.130. The lowest BCUT2D eigenvalue weighted by Crippen LogP contribution is -2.42. The minimum Gasteiger partial charge on any atom is -0.372 e. The second-order valence-electron chi connectivity index (χ2n) is 3.95. The summed E-state index contributed by atoms with van der Waals surface area (Å²) in [5.41, 5.74) is -0.332. The van der Waals surface area contributed by atoms with E-state index in [0.29, 0.717) is 13.2 Å². The van der Waals surface area contributed by atoms with Gasteiger partial charge in [-0.05, 0) is 20.8 Å². The lowest BCUT2D eigenvalue weighted by molar-refractivity contribution is 0.233. The van der Waals surface area contributed by atoms with Crippen molar-refractivity contribution >= 4 is 10.9 Å². The number of thiol groups is 1. The number of nitrogens with zero attached hydrogens (tertiary/aromatic N) is 1. The number of ether oxygens (including phenoxy) is 1. The first-order valence-electron chi connectivity index (χ1n) is 3.95. The van der Waals surface area contributed by atoms with Gasteiger partial charge in [-0.25, -0.2) is 8.42 Å². The summed E-state index contributed by atoms with van der Waals surface area (Å²) in [5, 5.41) is 0. The number of epoxide rings is 1. The van der Waals surface area contributed by atoms with Crippen LogP contribution >= 0.6 is 0 Å². The highest BCUT2D eigenvalue weighted by Gasteiger charge is 2.32. The van der Waals surface area contributed by atoms with Crippen molar-refractivity contribution in [3.05, 3.63) is 0 Å². The first-order chi connectivity index (χ1) is 5.41. The molecule has 0 saturated carbocycles. The van der Waals surface area contributed by atoms with Crippen molar-refractivity contribution in [2.75, 3.05) is 13.2 Å². The van der Waals surface area contributed by atoms with Crippen LogP contribution in [0.1, 0.15) is 20.8 Å². The molecule has 0 spiro atoms. The Bertz CT molecular complexity index is 219. The van der Waals surface area contributed by atoms with E-state index in [4.69, 9.17) is 4.74 Å². The van der Waals surface area contributed by atoms with Gasteiger partial charge in [0.25, 0.3) is 0 Å². The van der Waals surface area contributed by atoms with Crippen molar-refractivity contribution in [2.45, 2.75) is 32.4 Å².